The van der Waals surface area contributed by atoms with Gasteiger partial charge in [0, 0.05) is 19.6 Å². The molecule has 0 saturated carbocycles. The van der Waals surface area contributed by atoms with E-state index in [1.54, 1.807) is 24.3 Å². The Hall–Kier alpha value is -2.44. The van der Waals surface area contributed by atoms with Crippen molar-refractivity contribution in [1.82, 2.24) is 4.90 Å². The van der Waals surface area contributed by atoms with E-state index in [2.05, 4.69) is 4.90 Å². The first-order chi connectivity index (χ1) is 12.5. The molecule has 6 heteroatoms. The SMILES string of the molecule is COc1ccc(CN2CCO[C@@H](Cc3ccc(F)cc3)C2)cc1C(=O)O. The second-order valence-corrected chi connectivity index (χ2v) is 6.40. The van der Waals surface area contributed by atoms with Crippen LogP contribution in [0.5, 0.6) is 5.75 Å². The molecule has 1 heterocycles. The van der Waals surface area contributed by atoms with Crippen LogP contribution in [0.1, 0.15) is 21.5 Å². The number of ether oxygens (including phenoxy) is 2. The fourth-order valence-electron chi connectivity index (χ4n) is 3.21. The highest BCUT2D eigenvalue weighted by molar-refractivity contribution is 5.91. The first-order valence-corrected chi connectivity index (χ1v) is 8.54. The molecule has 0 bridgehead atoms. The van der Waals surface area contributed by atoms with Crippen LogP contribution in [0.2, 0.25) is 0 Å². The van der Waals surface area contributed by atoms with Gasteiger partial charge in [-0.05, 0) is 41.8 Å². The second kappa shape index (κ2) is 8.29. The average molecular weight is 359 g/mol. The van der Waals surface area contributed by atoms with Gasteiger partial charge in [-0.1, -0.05) is 18.2 Å². The van der Waals surface area contributed by atoms with Crippen molar-refractivity contribution in [3.05, 3.63) is 65.0 Å². The lowest BCUT2D eigenvalue weighted by Gasteiger charge is -2.33. The summed E-state index contributed by atoms with van der Waals surface area (Å²) in [6, 6.07) is 11.7. The van der Waals surface area contributed by atoms with Crippen molar-refractivity contribution in [2.75, 3.05) is 26.8 Å². The topological polar surface area (TPSA) is 59.0 Å². The Morgan fingerprint density at radius 1 is 1.27 bits per heavy atom. The van der Waals surface area contributed by atoms with E-state index in [1.165, 1.54) is 19.2 Å². The number of hydrogen-bond donors (Lipinski definition) is 1. The van der Waals surface area contributed by atoms with Crippen molar-refractivity contribution >= 4 is 5.97 Å². The van der Waals surface area contributed by atoms with Gasteiger partial charge in [0.25, 0.3) is 0 Å². The summed E-state index contributed by atoms with van der Waals surface area (Å²) in [4.78, 5) is 13.6. The second-order valence-electron chi connectivity index (χ2n) is 6.40. The number of halogens is 1. The molecule has 0 aromatic heterocycles. The molecule has 0 spiro atoms. The molecule has 1 atom stereocenters. The van der Waals surface area contributed by atoms with E-state index >= 15 is 0 Å². The number of rotatable bonds is 6. The normalized spacial score (nSPS) is 17.8. The van der Waals surface area contributed by atoms with Gasteiger partial charge in [0.15, 0.2) is 0 Å². The molecule has 2 aromatic rings. The van der Waals surface area contributed by atoms with Crippen LogP contribution in [-0.2, 0) is 17.7 Å². The Labute approximate surface area is 152 Å². The highest BCUT2D eigenvalue weighted by atomic mass is 19.1. The minimum atomic E-state index is -1.00. The molecular weight excluding hydrogens is 337 g/mol. The van der Waals surface area contributed by atoms with Crippen LogP contribution in [0.3, 0.4) is 0 Å². The van der Waals surface area contributed by atoms with Crippen LogP contribution >= 0.6 is 0 Å². The number of carbonyl (C=O) groups is 1. The Balaban J connectivity index is 1.64. The van der Waals surface area contributed by atoms with E-state index in [1.807, 2.05) is 6.07 Å². The summed E-state index contributed by atoms with van der Waals surface area (Å²) in [5.41, 5.74) is 2.13. The lowest BCUT2D eigenvalue weighted by atomic mass is 10.1. The Morgan fingerprint density at radius 2 is 2.00 bits per heavy atom. The van der Waals surface area contributed by atoms with Gasteiger partial charge in [-0.15, -0.1) is 0 Å². The average Bonchev–Trinajstić information content (AvgIpc) is 2.64. The molecular formula is C20H22FNO4. The third-order valence-corrected chi connectivity index (χ3v) is 4.50. The third kappa shape index (κ3) is 4.59. The zero-order valence-electron chi connectivity index (χ0n) is 14.7. The lowest BCUT2D eigenvalue weighted by molar-refractivity contribution is -0.0305. The summed E-state index contributed by atoms with van der Waals surface area (Å²) >= 11 is 0. The van der Waals surface area contributed by atoms with Crippen LogP contribution < -0.4 is 4.74 Å². The van der Waals surface area contributed by atoms with Gasteiger partial charge in [0.2, 0.25) is 0 Å². The van der Waals surface area contributed by atoms with Crippen LogP contribution in [0, 0.1) is 5.82 Å². The number of carboxylic acids is 1. The van der Waals surface area contributed by atoms with E-state index in [9.17, 15) is 14.3 Å². The van der Waals surface area contributed by atoms with Crippen LogP contribution in [0.15, 0.2) is 42.5 Å². The molecule has 0 radical (unpaired) electrons. The van der Waals surface area contributed by atoms with Gasteiger partial charge >= 0.3 is 5.97 Å². The van der Waals surface area contributed by atoms with Crippen molar-refractivity contribution in [1.29, 1.82) is 0 Å². The van der Waals surface area contributed by atoms with Crippen molar-refractivity contribution < 1.29 is 23.8 Å². The maximum absolute atomic E-state index is 13.0. The fourth-order valence-corrected chi connectivity index (χ4v) is 3.21. The maximum atomic E-state index is 13.0. The quantitative estimate of drug-likeness (QED) is 0.859. The highest BCUT2D eigenvalue weighted by Gasteiger charge is 2.21. The molecule has 1 aliphatic heterocycles. The van der Waals surface area contributed by atoms with Gasteiger partial charge in [-0.2, -0.15) is 0 Å². The third-order valence-electron chi connectivity index (χ3n) is 4.50. The molecule has 2 aromatic carbocycles. The molecule has 0 amide bonds. The highest BCUT2D eigenvalue weighted by Crippen LogP contribution is 2.22. The van der Waals surface area contributed by atoms with Gasteiger partial charge in [0.1, 0.15) is 17.1 Å². The molecule has 1 saturated heterocycles. The summed E-state index contributed by atoms with van der Waals surface area (Å²) < 4.78 is 24.0. The van der Waals surface area contributed by atoms with Crippen LogP contribution in [0.25, 0.3) is 0 Å². The molecule has 1 fully saturated rings. The van der Waals surface area contributed by atoms with E-state index in [4.69, 9.17) is 9.47 Å². The minimum Gasteiger partial charge on any atom is -0.496 e. The maximum Gasteiger partial charge on any atom is 0.339 e. The van der Waals surface area contributed by atoms with Crippen LogP contribution in [0.4, 0.5) is 4.39 Å². The van der Waals surface area contributed by atoms with Crippen molar-refractivity contribution in [2.24, 2.45) is 0 Å². The number of carboxylic acid groups (broad SMARTS) is 1. The predicted molar refractivity (Wildman–Crippen MR) is 95.1 cm³/mol. The van der Waals surface area contributed by atoms with Crippen molar-refractivity contribution in [3.8, 4) is 5.75 Å². The summed E-state index contributed by atoms with van der Waals surface area (Å²) in [6.07, 6.45) is 0.756. The van der Waals surface area contributed by atoms with E-state index < -0.39 is 5.97 Å². The number of hydrogen-bond acceptors (Lipinski definition) is 4. The summed E-state index contributed by atoms with van der Waals surface area (Å²) in [5.74, 6) is -0.883. The van der Waals surface area contributed by atoms with Crippen LogP contribution in [-0.4, -0.2) is 48.9 Å². The number of methoxy groups -OCH3 is 1. The van der Waals surface area contributed by atoms with Crippen molar-refractivity contribution in [3.63, 3.8) is 0 Å². The molecule has 1 N–H and O–H groups in total. The number of nitrogens with zero attached hydrogens (tertiary/aromatic N) is 1. The molecule has 3 rings (SSSR count). The Bertz CT molecular complexity index is 763. The standard InChI is InChI=1S/C20H22FNO4/c1-25-19-7-4-15(11-18(19)20(23)24)12-22-8-9-26-17(13-22)10-14-2-5-16(21)6-3-14/h2-7,11,17H,8-10,12-13H2,1H3,(H,23,24)/t17-/m0/s1. The monoisotopic (exact) mass is 359 g/mol. The van der Waals surface area contributed by atoms with Gasteiger partial charge < -0.3 is 14.6 Å². The van der Waals surface area contributed by atoms with Gasteiger partial charge in [-0.3, -0.25) is 4.90 Å². The molecule has 5 nitrogen and oxygen atoms in total. The first kappa shape index (κ1) is 18.4. The Morgan fingerprint density at radius 3 is 2.69 bits per heavy atom. The number of morpholine rings is 1. The molecule has 138 valence electrons. The molecule has 0 aliphatic carbocycles. The minimum absolute atomic E-state index is 0.0337. The lowest BCUT2D eigenvalue weighted by Crippen LogP contribution is -2.42. The first-order valence-electron chi connectivity index (χ1n) is 8.54. The summed E-state index contributed by atoms with van der Waals surface area (Å²) in [5, 5.41) is 9.31. The smallest absolute Gasteiger partial charge is 0.339 e. The van der Waals surface area contributed by atoms with E-state index in [0.717, 1.165) is 30.6 Å². The predicted octanol–water partition coefficient (Wildman–Crippen LogP) is 2.98. The Kier molecular flexibility index (Phi) is 5.85. The molecule has 1 aliphatic rings. The number of benzene rings is 2. The fraction of sp³-hybridized carbons (Fsp3) is 0.350. The molecule has 0 unspecified atom stereocenters. The zero-order valence-corrected chi connectivity index (χ0v) is 14.7. The summed E-state index contributed by atoms with van der Waals surface area (Å²) in [7, 11) is 1.46. The largest absolute Gasteiger partial charge is 0.496 e. The summed E-state index contributed by atoms with van der Waals surface area (Å²) in [6.45, 7) is 2.79. The van der Waals surface area contributed by atoms with Gasteiger partial charge in [-0.25, -0.2) is 9.18 Å². The van der Waals surface area contributed by atoms with E-state index in [0.29, 0.717) is 18.9 Å². The van der Waals surface area contributed by atoms with Gasteiger partial charge in [0.05, 0.1) is 19.8 Å². The van der Waals surface area contributed by atoms with Crippen molar-refractivity contribution in [2.45, 2.75) is 19.1 Å². The van der Waals surface area contributed by atoms with E-state index in [-0.39, 0.29) is 17.5 Å². The molecule has 26 heavy (non-hydrogen) atoms. The zero-order chi connectivity index (χ0) is 18.5. The number of aromatic carboxylic acids is 1.